The van der Waals surface area contributed by atoms with Crippen molar-refractivity contribution in [1.82, 2.24) is 25.1 Å². The number of amides is 1. The molecule has 7 heteroatoms. The molecule has 0 bridgehead atoms. The Morgan fingerprint density at radius 2 is 2.05 bits per heavy atom. The van der Waals surface area contributed by atoms with Crippen molar-refractivity contribution >= 4 is 11.9 Å². The van der Waals surface area contributed by atoms with E-state index < -0.39 is 0 Å². The number of aromatic nitrogens is 4. The Balaban J connectivity index is 1.83. The fourth-order valence-corrected chi connectivity index (χ4v) is 2.84. The van der Waals surface area contributed by atoms with Crippen molar-refractivity contribution < 1.29 is 4.79 Å². The van der Waals surface area contributed by atoms with Gasteiger partial charge in [0.2, 0.25) is 11.9 Å². The SMILES string of the molecule is CN(C)C(=O)C1CCCN(c2nnnn2-c2ccccc2)C1. The van der Waals surface area contributed by atoms with Gasteiger partial charge in [0, 0.05) is 27.2 Å². The quantitative estimate of drug-likeness (QED) is 0.845. The second kappa shape index (κ2) is 6.13. The van der Waals surface area contributed by atoms with E-state index in [1.54, 1.807) is 23.7 Å². The van der Waals surface area contributed by atoms with E-state index >= 15 is 0 Å². The third kappa shape index (κ3) is 2.79. The standard InChI is InChI=1S/C15H20N6O/c1-19(2)14(22)12-7-6-10-20(11-12)15-16-17-18-21(15)13-8-4-3-5-9-13/h3-5,8-9,12H,6-7,10-11H2,1-2H3. The zero-order valence-corrected chi connectivity index (χ0v) is 12.9. The molecule has 1 atom stereocenters. The normalized spacial score (nSPS) is 18.3. The van der Waals surface area contributed by atoms with Crippen LogP contribution in [0.5, 0.6) is 0 Å². The number of anilines is 1. The van der Waals surface area contributed by atoms with E-state index in [9.17, 15) is 4.79 Å². The maximum absolute atomic E-state index is 12.2. The largest absolute Gasteiger partial charge is 0.349 e. The summed E-state index contributed by atoms with van der Waals surface area (Å²) >= 11 is 0. The van der Waals surface area contributed by atoms with Gasteiger partial charge in [-0.2, -0.15) is 4.68 Å². The molecule has 0 N–H and O–H groups in total. The van der Waals surface area contributed by atoms with Crippen molar-refractivity contribution in [2.45, 2.75) is 12.8 Å². The average Bonchev–Trinajstić information content (AvgIpc) is 3.04. The minimum absolute atomic E-state index is 0.00433. The summed E-state index contributed by atoms with van der Waals surface area (Å²) in [4.78, 5) is 16.0. The number of rotatable bonds is 3. The van der Waals surface area contributed by atoms with Crippen molar-refractivity contribution in [2.24, 2.45) is 5.92 Å². The Hall–Kier alpha value is -2.44. The molecule has 1 aliphatic heterocycles. The number of tetrazole rings is 1. The summed E-state index contributed by atoms with van der Waals surface area (Å²) in [6.45, 7) is 1.52. The van der Waals surface area contributed by atoms with Gasteiger partial charge in [-0.25, -0.2) is 0 Å². The highest BCUT2D eigenvalue weighted by Gasteiger charge is 2.29. The summed E-state index contributed by atoms with van der Waals surface area (Å²) < 4.78 is 1.72. The van der Waals surface area contributed by atoms with Crippen molar-refractivity contribution in [3.8, 4) is 5.69 Å². The lowest BCUT2D eigenvalue weighted by molar-refractivity contribution is -0.133. The Morgan fingerprint density at radius 1 is 1.27 bits per heavy atom. The van der Waals surface area contributed by atoms with E-state index in [1.807, 2.05) is 30.3 Å². The second-order valence-corrected chi connectivity index (χ2v) is 5.74. The van der Waals surface area contributed by atoms with Gasteiger partial charge in [-0.05, 0) is 35.4 Å². The van der Waals surface area contributed by atoms with Crippen LogP contribution in [0.15, 0.2) is 30.3 Å². The number of benzene rings is 1. The Labute approximate surface area is 129 Å². The molecular formula is C15H20N6O. The van der Waals surface area contributed by atoms with Crippen LogP contribution in [0, 0.1) is 5.92 Å². The van der Waals surface area contributed by atoms with Crippen LogP contribution < -0.4 is 4.90 Å². The number of hydrogen-bond acceptors (Lipinski definition) is 5. The first kappa shape index (κ1) is 14.5. The molecule has 1 saturated heterocycles. The first-order valence-electron chi connectivity index (χ1n) is 7.46. The van der Waals surface area contributed by atoms with Crippen molar-refractivity contribution in [1.29, 1.82) is 0 Å². The molecule has 0 saturated carbocycles. The van der Waals surface area contributed by atoms with Gasteiger partial charge in [0.1, 0.15) is 0 Å². The summed E-state index contributed by atoms with van der Waals surface area (Å²) in [6, 6.07) is 9.80. The summed E-state index contributed by atoms with van der Waals surface area (Å²) in [7, 11) is 3.60. The molecule has 22 heavy (non-hydrogen) atoms. The predicted octanol–water partition coefficient (Wildman–Crippen LogP) is 0.967. The Kier molecular flexibility index (Phi) is 4.04. The molecule has 1 aromatic heterocycles. The summed E-state index contributed by atoms with van der Waals surface area (Å²) in [5.74, 6) is 0.871. The summed E-state index contributed by atoms with van der Waals surface area (Å²) in [6.07, 6.45) is 1.88. The van der Waals surface area contributed by atoms with Gasteiger partial charge in [0.25, 0.3) is 0 Å². The fourth-order valence-electron chi connectivity index (χ4n) is 2.84. The number of piperidine rings is 1. The van der Waals surface area contributed by atoms with Crippen molar-refractivity contribution in [2.75, 3.05) is 32.1 Å². The molecule has 0 aliphatic carbocycles. The highest BCUT2D eigenvalue weighted by Crippen LogP contribution is 2.23. The smallest absolute Gasteiger partial charge is 0.250 e. The van der Waals surface area contributed by atoms with Crippen LogP contribution in [0.3, 0.4) is 0 Å². The fraction of sp³-hybridized carbons (Fsp3) is 0.467. The van der Waals surface area contributed by atoms with Crippen LogP contribution in [0.2, 0.25) is 0 Å². The average molecular weight is 300 g/mol. The van der Waals surface area contributed by atoms with Gasteiger partial charge in [-0.3, -0.25) is 4.79 Å². The number of carbonyl (C=O) groups excluding carboxylic acids is 1. The maximum atomic E-state index is 12.2. The Bertz CT molecular complexity index is 638. The van der Waals surface area contributed by atoms with Crippen molar-refractivity contribution in [3.63, 3.8) is 0 Å². The van der Waals surface area contributed by atoms with E-state index in [4.69, 9.17) is 0 Å². The monoisotopic (exact) mass is 300 g/mol. The van der Waals surface area contributed by atoms with E-state index in [0.717, 1.165) is 25.1 Å². The van der Waals surface area contributed by atoms with Crippen molar-refractivity contribution in [3.05, 3.63) is 30.3 Å². The topological polar surface area (TPSA) is 67.2 Å². The molecule has 0 spiro atoms. The molecule has 2 aromatic rings. The third-order valence-corrected chi connectivity index (χ3v) is 3.95. The number of carbonyl (C=O) groups is 1. The zero-order chi connectivity index (χ0) is 15.5. The summed E-state index contributed by atoms with van der Waals surface area (Å²) in [5.41, 5.74) is 0.920. The third-order valence-electron chi connectivity index (χ3n) is 3.95. The van der Waals surface area contributed by atoms with Gasteiger partial charge >= 0.3 is 0 Å². The molecule has 0 radical (unpaired) electrons. The molecule has 116 valence electrons. The van der Waals surface area contributed by atoms with Crippen LogP contribution in [0.4, 0.5) is 5.95 Å². The van der Waals surface area contributed by atoms with Crippen LogP contribution in [0.1, 0.15) is 12.8 Å². The summed E-state index contributed by atoms with van der Waals surface area (Å²) in [5, 5.41) is 12.0. The molecule has 7 nitrogen and oxygen atoms in total. The molecule has 1 fully saturated rings. The lowest BCUT2D eigenvalue weighted by Gasteiger charge is -2.33. The van der Waals surface area contributed by atoms with Crippen LogP contribution in [0.25, 0.3) is 5.69 Å². The lowest BCUT2D eigenvalue weighted by Crippen LogP contribution is -2.43. The highest BCUT2D eigenvalue weighted by molar-refractivity contribution is 5.79. The van der Waals surface area contributed by atoms with Crippen LogP contribution in [-0.4, -0.2) is 58.2 Å². The van der Waals surface area contributed by atoms with E-state index in [2.05, 4.69) is 20.4 Å². The van der Waals surface area contributed by atoms with Crippen LogP contribution >= 0.6 is 0 Å². The maximum Gasteiger partial charge on any atom is 0.250 e. The van der Waals surface area contributed by atoms with Gasteiger partial charge in [0.05, 0.1) is 11.6 Å². The van der Waals surface area contributed by atoms with E-state index in [0.29, 0.717) is 12.5 Å². The molecule has 1 aromatic carbocycles. The molecule has 2 heterocycles. The lowest BCUT2D eigenvalue weighted by atomic mass is 9.97. The first-order chi connectivity index (χ1) is 10.7. The predicted molar refractivity (Wildman–Crippen MR) is 82.8 cm³/mol. The van der Waals surface area contributed by atoms with Gasteiger partial charge in [-0.1, -0.05) is 23.3 Å². The number of hydrogen-bond donors (Lipinski definition) is 0. The number of nitrogens with zero attached hydrogens (tertiary/aromatic N) is 6. The van der Waals surface area contributed by atoms with E-state index in [-0.39, 0.29) is 11.8 Å². The van der Waals surface area contributed by atoms with Gasteiger partial charge in [0.15, 0.2) is 0 Å². The molecule has 1 unspecified atom stereocenters. The second-order valence-electron chi connectivity index (χ2n) is 5.74. The molecule has 1 amide bonds. The highest BCUT2D eigenvalue weighted by atomic mass is 16.2. The molecular weight excluding hydrogens is 280 g/mol. The first-order valence-corrected chi connectivity index (χ1v) is 7.46. The number of para-hydroxylation sites is 1. The van der Waals surface area contributed by atoms with Gasteiger partial charge in [-0.15, -0.1) is 0 Å². The minimum atomic E-state index is 0.00433. The molecule has 1 aliphatic rings. The van der Waals surface area contributed by atoms with E-state index in [1.165, 1.54) is 0 Å². The van der Waals surface area contributed by atoms with Gasteiger partial charge < -0.3 is 9.80 Å². The molecule has 3 rings (SSSR count). The van der Waals surface area contributed by atoms with Crippen LogP contribution in [-0.2, 0) is 4.79 Å². The zero-order valence-electron chi connectivity index (χ0n) is 12.9. The Morgan fingerprint density at radius 3 is 2.77 bits per heavy atom. The minimum Gasteiger partial charge on any atom is -0.349 e.